The van der Waals surface area contributed by atoms with Crippen molar-refractivity contribution in [1.29, 1.82) is 0 Å². The summed E-state index contributed by atoms with van der Waals surface area (Å²) in [6, 6.07) is 0. The van der Waals surface area contributed by atoms with Gasteiger partial charge in [0.15, 0.2) is 12.6 Å². The lowest BCUT2D eigenvalue weighted by atomic mass is 9.99. The highest BCUT2D eigenvalue weighted by atomic mass is 16.7. The monoisotopic (exact) mass is 382 g/mol. The molecule has 2 aliphatic rings. The van der Waals surface area contributed by atoms with Crippen molar-refractivity contribution in [2.24, 2.45) is 5.92 Å². The second-order valence-corrected chi connectivity index (χ2v) is 7.29. The van der Waals surface area contributed by atoms with Crippen molar-refractivity contribution in [3.8, 4) is 0 Å². The van der Waals surface area contributed by atoms with Crippen molar-refractivity contribution in [2.45, 2.75) is 69.0 Å². The van der Waals surface area contributed by atoms with Crippen LogP contribution < -0.4 is 0 Å². The number of rotatable bonds is 8. The molecule has 6 N–H and O–H groups in total. The van der Waals surface area contributed by atoms with Gasteiger partial charge in [0.05, 0.1) is 26.4 Å². The summed E-state index contributed by atoms with van der Waals surface area (Å²) in [5.74, 6) is 0.386. The van der Waals surface area contributed by atoms with Gasteiger partial charge in [-0.3, -0.25) is 0 Å². The molecule has 10 heteroatoms. The molecule has 8 unspecified atom stereocenters. The molecule has 0 aromatic carbocycles. The smallest absolute Gasteiger partial charge is 0.186 e. The average Bonchev–Trinajstić information content (AvgIpc) is 2.89. The highest BCUT2D eigenvalue weighted by Crippen LogP contribution is 2.27. The van der Waals surface area contributed by atoms with Gasteiger partial charge in [0.2, 0.25) is 0 Å². The molecule has 10 nitrogen and oxygen atoms in total. The normalized spacial score (nSPS) is 44.0. The van der Waals surface area contributed by atoms with Gasteiger partial charge in [0, 0.05) is 0 Å². The minimum Gasteiger partial charge on any atom is -0.393 e. The predicted octanol–water partition coefficient (Wildman–Crippen LogP) is -2.69. The van der Waals surface area contributed by atoms with Crippen molar-refractivity contribution >= 4 is 0 Å². The molecule has 2 saturated heterocycles. The van der Waals surface area contributed by atoms with Crippen LogP contribution in [0.2, 0.25) is 0 Å². The Balaban J connectivity index is 1.89. The van der Waals surface area contributed by atoms with Crippen molar-refractivity contribution in [3.05, 3.63) is 0 Å². The van der Waals surface area contributed by atoms with Crippen LogP contribution in [0.1, 0.15) is 20.3 Å². The molecule has 0 aromatic heterocycles. The van der Waals surface area contributed by atoms with E-state index in [1.54, 1.807) is 0 Å². The quantitative estimate of drug-likeness (QED) is 0.261. The van der Waals surface area contributed by atoms with Crippen LogP contribution in [0.3, 0.4) is 0 Å². The standard InChI is InChI=1S/C16H30O10/c1-8(2)3-4-23-14-12(20)11(19)10(18)9(26-14)5-24-15-13(21)16(22,6-17)7-25-15/h8-15,17-22H,3-7H2,1-2H3. The van der Waals surface area contributed by atoms with Crippen molar-refractivity contribution in [1.82, 2.24) is 0 Å². The first kappa shape index (κ1) is 21.9. The average molecular weight is 382 g/mol. The molecule has 0 saturated carbocycles. The molecule has 8 atom stereocenters. The van der Waals surface area contributed by atoms with Gasteiger partial charge in [-0.2, -0.15) is 0 Å². The second-order valence-electron chi connectivity index (χ2n) is 7.29. The van der Waals surface area contributed by atoms with Crippen LogP contribution in [0.4, 0.5) is 0 Å². The van der Waals surface area contributed by atoms with Crippen molar-refractivity contribution in [3.63, 3.8) is 0 Å². The Labute approximate surface area is 151 Å². The number of ether oxygens (including phenoxy) is 4. The third-order valence-corrected chi connectivity index (χ3v) is 4.65. The number of hydrogen-bond acceptors (Lipinski definition) is 10. The Bertz CT molecular complexity index is 435. The molecular formula is C16H30O10. The van der Waals surface area contributed by atoms with Crippen LogP contribution >= 0.6 is 0 Å². The zero-order valence-corrected chi connectivity index (χ0v) is 15.0. The highest BCUT2D eigenvalue weighted by Gasteiger charge is 2.50. The fourth-order valence-electron chi connectivity index (χ4n) is 2.74. The van der Waals surface area contributed by atoms with Crippen LogP contribution in [-0.4, -0.2) is 106 Å². The summed E-state index contributed by atoms with van der Waals surface area (Å²) in [4.78, 5) is 0. The maximum Gasteiger partial charge on any atom is 0.186 e. The van der Waals surface area contributed by atoms with E-state index in [1.807, 2.05) is 13.8 Å². The van der Waals surface area contributed by atoms with Gasteiger partial charge in [-0.05, 0) is 12.3 Å². The molecule has 2 rings (SSSR count). The minimum absolute atomic E-state index is 0.293. The number of hydrogen-bond donors (Lipinski definition) is 6. The van der Waals surface area contributed by atoms with E-state index in [4.69, 9.17) is 24.1 Å². The summed E-state index contributed by atoms with van der Waals surface area (Å²) in [5.41, 5.74) is -1.82. The Morgan fingerprint density at radius 3 is 2.31 bits per heavy atom. The van der Waals surface area contributed by atoms with E-state index in [0.717, 1.165) is 6.42 Å². The first-order valence-electron chi connectivity index (χ1n) is 8.75. The highest BCUT2D eigenvalue weighted by molar-refractivity contribution is 4.94. The topological polar surface area (TPSA) is 158 Å². The van der Waals surface area contributed by atoms with E-state index >= 15 is 0 Å². The molecule has 154 valence electrons. The molecule has 0 spiro atoms. The van der Waals surface area contributed by atoms with Gasteiger partial charge in [0.25, 0.3) is 0 Å². The Morgan fingerprint density at radius 1 is 1.04 bits per heavy atom. The van der Waals surface area contributed by atoms with Gasteiger partial charge in [0.1, 0.15) is 36.1 Å². The van der Waals surface area contributed by atoms with E-state index in [-0.39, 0.29) is 13.2 Å². The van der Waals surface area contributed by atoms with Gasteiger partial charge in [-0.15, -0.1) is 0 Å². The van der Waals surface area contributed by atoms with Crippen molar-refractivity contribution in [2.75, 3.05) is 26.4 Å². The van der Waals surface area contributed by atoms with E-state index in [2.05, 4.69) is 0 Å². The molecule has 26 heavy (non-hydrogen) atoms. The third-order valence-electron chi connectivity index (χ3n) is 4.65. The number of aliphatic hydroxyl groups is 6. The summed E-state index contributed by atoms with van der Waals surface area (Å²) in [5, 5.41) is 59.0. The largest absolute Gasteiger partial charge is 0.393 e. The summed E-state index contributed by atoms with van der Waals surface area (Å²) in [6.07, 6.45) is -8.51. The summed E-state index contributed by atoms with van der Waals surface area (Å²) in [7, 11) is 0. The van der Waals surface area contributed by atoms with Gasteiger partial charge in [-0.25, -0.2) is 0 Å². The van der Waals surface area contributed by atoms with Gasteiger partial charge >= 0.3 is 0 Å². The van der Waals surface area contributed by atoms with E-state index in [1.165, 1.54) is 0 Å². The Kier molecular flexibility index (Phi) is 7.74. The molecule has 2 fully saturated rings. The van der Waals surface area contributed by atoms with E-state index < -0.39 is 55.3 Å². The maximum atomic E-state index is 10.1. The van der Waals surface area contributed by atoms with E-state index in [9.17, 15) is 25.5 Å². The zero-order chi connectivity index (χ0) is 19.5. The fourth-order valence-corrected chi connectivity index (χ4v) is 2.74. The molecule has 0 aliphatic carbocycles. The lowest BCUT2D eigenvalue weighted by Crippen LogP contribution is -2.59. The summed E-state index contributed by atoms with van der Waals surface area (Å²) in [6.45, 7) is 3.02. The van der Waals surface area contributed by atoms with Crippen LogP contribution in [0.15, 0.2) is 0 Å². The minimum atomic E-state index is -1.82. The molecular weight excluding hydrogens is 352 g/mol. The first-order chi connectivity index (χ1) is 12.2. The second kappa shape index (κ2) is 9.20. The summed E-state index contributed by atoms with van der Waals surface area (Å²) < 4.78 is 21.3. The number of aliphatic hydroxyl groups excluding tert-OH is 5. The van der Waals surface area contributed by atoms with Gasteiger partial charge in [-0.1, -0.05) is 13.8 Å². The molecule has 0 amide bonds. The molecule has 0 bridgehead atoms. The van der Waals surface area contributed by atoms with Crippen LogP contribution in [-0.2, 0) is 18.9 Å². The lowest BCUT2D eigenvalue weighted by molar-refractivity contribution is -0.310. The summed E-state index contributed by atoms with van der Waals surface area (Å²) >= 11 is 0. The fraction of sp³-hybridized carbons (Fsp3) is 1.00. The first-order valence-corrected chi connectivity index (χ1v) is 8.75. The Morgan fingerprint density at radius 2 is 1.73 bits per heavy atom. The predicted molar refractivity (Wildman–Crippen MR) is 85.8 cm³/mol. The van der Waals surface area contributed by atoms with Crippen LogP contribution in [0, 0.1) is 5.92 Å². The van der Waals surface area contributed by atoms with Gasteiger partial charge < -0.3 is 49.6 Å². The molecule has 0 radical (unpaired) electrons. The zero-order valence-electron chi connectivity index (χ0n) is 15.0. The maximum absolute atomic E-state index is 10.1. The van der Waals surface area contributed by atoms with Crippen LogP contribution in [0.5, 0.6) is 0 Å². The van der Waals surface area contributed by atoms with Crippen LogP contribution in [0.25, 0.3) is 0 Å². The van der Waals surface area contributed by atoms with Crippen molar-refractivity contribution < 1.29 is 49.6 Å². The Hall–Kier alpha value is -0.400. The molecule has 0 aromatic rings. The third kappa shape index (κ3) is 4.90. The lowest BCUT2D eigenvalue weighted by Gasteiger charge is -2.40. The molecule has 2 heterocycles. The molecule has 2 aliphatic heterocycles. The SMILES string of the molecule is CC(C)CCOC1OC(COC2OCC(O)(CO)C2O)C(O)C(O)C1O. The van der Waals surface area contributed by atoms with E-state index in [0.29, 0.717) is 12.5 Å².